The van der Waals surface area contributed by atoms with Gasteiger partial charge in [-0.25, -0.2) is 0 Å². The van der Waals surface area contributed by atoms with Crippen LogP contribution in [0.3, 0.4) is 0 Å². The molecule has 0 saturated carbocycles. The fourth-order valence-corrected chi connectivity index (χ4v) is 11.0. The minimum atomic E-state index is -4.40. The van der Waals surface area contributed by atoms with Gasteiger partial charge in [-0.1, -0.05) is 84.0 Å². The highest BCUT2D eigenvalue weighted by molar-refractivity contribution is 8.09. The zero-order chi connectivity index (χ0) is 22.6. The molecular formula is C19H42NO6S3+. The van der Waals surface area contributed by atoms with Gasteiger partial charge in [0.25, 0.3) is 0 Å². The van der Waals surface area contributed by atoms with E-state index in [1.807, 2.05) is 0 Å². The molecule has 0 amide bonds. The lowest BCUT2D eigenvalue weighted by molar-refractivity contribution is -0.523. The van der Waals surface area contributed by atoms with E-state index in [9.17, 15) is 25.3 Å². The molecule has 0 aliphatic heterocycles. The van der Waals surface area contributed by atoms with Gasteiger partial charge in [-0.05, 0) is 9.12 Å². The van der Waals surface area contributed by atoms with E-state index in [-0.39, 0.29) is 6.42 Å². The summed E-state index contributed by atoms with van der Waals surface area (Å²) in [6, 6.07) is 0. The van der Waals surface area contributed by atoms with Crippen LogP contribution < -0.4 is 0 Å². The number of hydrogen-bond donors (Lipinski definition) is 0. The van der Waals surface area contributed by atoms with Crippen LogP contribution in [0.25, 0.3) is 0 Å². The van der Waals surface area contributed by atoms with E-state index in [4.69, 9.17) is 0 Å². The van der Waals surface area contributed by atoms with E-state index >= 15 is 0 Å². The van der Waals surface area contributed by atoms with Crippen molar-refractivity contribution in [1.29, 1.82) is 0 Å². The van der Waals surface area contributed by atoms with E-state index in [2.05, 4.69) is 6.92 Å². The molecule has 0 aromatic rings. The summed E-state index contributed by atoms with van der Waals surface area (Å²) >= 11 is 0. The summed E-state index contributed by atoms with van der Waals surface area (Å²) in [5.41, 5.74) is 0. The average Bonchev–Trinajstić information content (AvgIpc) is 2.54. The van der Waals surface area contributed by atoms with Crippen molar-refractivity contribution in [3.63, 3.8) is 0 Å². The lowest BCUT2D eigenvalue weighted by atomic mass is 10.0. The van der Waals surface area contributed by atoms with Gasteiger partial charge in [0, 0.05) is 6.42 Å². The molecule has 176 valence electrons. The van der Waals surface area contributed by atoms with Crippen molar-refractivity contribution in [1.82, 2.24) is 0 Å². The van der Waals surface area contributed by atoms with E-state index in [0.717, 1.165) is 19.3 Å². The monoisotopic (exact) mass is 476 g/mol. The van der Waals surface area contributed by atoms with Crippen molar-refractivity contribution in [2.24, 2.45) is 0 Å². The van der Waals surface area contributed by atoms with Crippen LogP contribution in [-0.4, -0.2) is 53.3 Å². The predicted octanol–water partition coefficient (Wildman–Crippen LogP) is 4.16. The van der Waals surface area contributed by atoms with Crippen LogP contribution in [0.1, 0.15) is 96.8 Å². The topological polar surface area (TPSA) is 102 Å². The first kappa shape index (κ1) is 28.8. The molecule has 0 unspecified atom stereocenters. The van der Waals surface area contributed by atoms with Crippen molar-refractivity contribution in [2.75, 3.05) is 25.3 Å². The van der Waals surface area contributed by atoms with Crippen LogP contribution in [0.2, 0.25) is 0 Å². The fourth-order valence-electron chi connectivity index (χ4n) is 3.74. The summed E-state index contributed by atoms with van der Waals surface area (Å²) in [6.45, 7) is 1.76. The van der Waals surface area contributed by atoms with Crippen LogP contribution in [0.5, 0.6) is 0 Å². The number of quaternary nitrogens is 1. The predicted molar refractivity (Wildman–Crippen MR) is 120 cm³/mol. The number of unbranched alkanes of at least 4 members (excludes halogenated alkanes) is 13. The van der Waals surface area contributed by atoms with Crippen molar-refractivity contribution in [2.45, 2.75) is 96.8 Å². The Morgan fingerprint density at radius 1 is 0.448 bits per heavy atom. The summed E-state index contributed by atoms with van der Waals surface area (Å²) in [7, 11) is -13.2. The molecule has 0 rings (SSSR count). The van der Waals surface area contributed by atoms with Crippen LogP contribution in [0.15, 0.2) is 0 Å². The second-order valence-electron chi connectivity index (χ2n) is 8.13. The smallest absolute Gasteiger partial charge is 0.171 e. The number of nitrogens with zero attached hydrogens (tertiary/aromatic N) is 1. The van der Waals surface area contributed by atoms with Gasteiger partial charge in [0.05, 0.1) is 18.8 Å². The highest BCUT2D eigenvalue weighted by Crippen LogP contribution is 2.27. The Kier molecular flexibility index (Phi) is 13.2. The molecule has 0 aromatic carbocycles. The Morgan fingerprint density at radius 2 is 0.690 bits per heavy atom. The Bertz CT molecular complexity index is 679. The number of hydrogen-bond acceptors (Lipinski definition) is 6. The van der Waals surface area contributed by atoms with E-state index in [1.54, 1.807) is 0 Å². The minimum absolute atomic E-state index is 0.227. The molecule has 0 bridgehead atoms. The minimum Gasteiger partial charge on any atom is -0.171 e. The second kappa shape index (κ2) is 13.3. The van der Waals surface area contributed by atoms with Crippen molar-refractivity contribution >= 4 is 30.1 Å². The molecule has 0 radical (unpaired) electrons. The van der Waals surface area contributed by atoms with Crippen molar-refractivity contribution in [3.8, 4) is 0 Å². The fraction of sp³-hybridized carbons (Fsp3) is 1.00. The summed E-state index contributed by atoms with van der Waals surface area (Å²) < 4.78 is 70.9. The van der Waals surface area contributed by atoms with Gasteiger partial charge in [-0.15, -0.1) is 0 Å². The molecule has 0 aliphatic carbocycles. The Labute approximate surface area is 180 Å². The van der Waals surface area contributed by atoms with E-state index in [0.29, 0.717) is 25.2 Å². The first-order chi connectivity index (χ1) is 13.3. The standard InChI is InChI=1S/C19H42NO6S3/c1-5-6-7-8-9-10-11-12-13-14-15-16-17-18-19-20(27(2,21)22,28(3,23)24)29(4,25)26/h5-19H2,1-4H3/q+1. The molecule has 0 aromatic heterocycles. The molecule has 0 heterocycles. The Morgan fingerprint density at radius 3 is 0.931 bits per heavy atom. The Balaban J connectivity index is 4.20. The Hall–Kier alpha value is -0.190. The van der Waals surface area contributed by atoms with Crippen molar-refractivity contribution < 1.29 is 28.0 Å². The molecule has 0 spiro atoms. The molecule has 0 fully saturated rings. The van der Waals surface area contributed by atoms with Crippen LogP contribution in [-0.2, 0) is 30.1 Å². The molecule has 0 aliphatic rings. The summed E-state index contributed by atoms with van der Waals surface area (Å²) in [6.07, 6.45) is 17.3. The lowest BCUT2D eigenvalue weighted by Crippen LogP contribution is -2.59. The summed E-state index contributed by atoms with van der Waals surface area (Å²) in [5, 5.41) is 0. The molecular weight excluding hydrogens is 434 g/mol. The largest absolute Gasteiger partial charge is 0.323 e. The molecule has 0 N–H and O–H groups in total. The molecule has 0 saturated heterocycles. The second-order valence-corrected chi connectivity index (χ2v) is 15.1. The first-order valence-corrected chi connectivity index (χ1v) is 16.3. The van der Waals surface area contributed by atoms with Crippen molar-refractivity contribution in [3.05, 3.63) is 0 Å². The van der Waals surface area contributed by atoms with Crippen LogP contribution >= 0.6 is 0 Å². The third-order valence-corrected chi connectivity index (χ3v) is 13.8. The number of rotatable bonds is 18. The van der Waals surface area contributed by atoms with Crippen LogP contribution in [0, 0.1) is 0 Å². The zero-order valence-corrected chi connectivity index (χ0v) is 21.2. The van der Waals surface area contributed by atoms with E-state index < -0.39 is 39.3 Å². The highest BCUT2D eigenvalue weighted by atomic mass is 32.3. The third kappa shape index (κ3) is 9.65. The molecule has 10 heteroatoms. The van der Waals surface area contributed by atoms with Gasteiger partial charge in [-0.3, -0.25) is 0 Å². The van der Waals surface area contributed by atoms with Crippen LogP contribution in [0.4, 0.5) is 0 Å². The maximum absolute atomic E-state index is 12.1. The highest BCUT2D eigenvalue weighted by Gasteiger charge is 2.56. The first-order valence-electron chi connectivity index (χ1n) is 10.8. The maximum Gasteiger partial charge on any atom is 0.323 e. The average molecular weight is 477 g/mol. The lowest BCUT2D eigenvalue weighted by Gasteiger charge is -2.29. The van der Waals surface area contributed by atoms with Gasteiger partial charge in [0.2, 0.25) is 0 Å². The summed E-state index contributed by atoms with van der Waals surface area (Å²) in [5.74, 6) is 0. The quantitative estimate of drug-likeness (QED) is 0.217. The maximum atomic E-state index is 12.1. The molecule has 29 heavy (non-hydrogen) atoms. The SMILES string of the molecule is CCCCCCCCCCCCCCCC[N+](S(C)(=O)=O)(S(C)(=O)=O)S(C)(=O)=O. The van der Waals surface area contributed by atoms with Gasteiger partial charge in [-0.2, -0.15) is 25.3 Å². The van der Waals surface area contributed by atoms with E-state index in [1.165, 1.54) is 57.8 Å². The zero-order valence-electron chi connectivity index (χ0n) is 18.7. The van der Waals surface area contributed by atoms with Gasteiger partial charge >= 0.3 is 30.1 Å². The normalized spacial score (nSPS) is 13.7. The van der Waals surface area contributed by atoms with Gasteiger partial charge in [0.15, 0.2) is 0 Å². The summed E-state index contributed by atoms with van der Waals surface area (Å²) in [4.78, 5) is 0. The third-order valence-electron chi connectivity index (χ3n) is 5.30. The number of sulfonamides is 3. The molecule has 7 nitrogen and oxygen atoms in total. The van der Waals surface area contributed by atoms with Gasteiger partial charge in [0.1, 0.15) is 6.54 Å². The molecule has 0 atom stereocenters. The van der Waals surface area contributed by atoms with Gasteiger partial charge < -0.3 is 0 Å².